The van der Waals surface area contributed by atoms with E-state index in [1.165, 1.54) is 28.3 Å². The van der Waals surface area contributed by atoms with Gasteiger partial charge in [0.05, 0.1) is 19.3 Å². The maximum Gasteiger partial charge on any atom is 0.186 e. The first-order valence-electron chi connectivity index (χ1n) is 12.7. The number of hydrogen-bond donors (Lipinski definition) is 8. The maximum atomic E-state index is 10.3. The standard InChI is InChI=1S/C21H38O15.2CH4N.2V/c1-4-7-10(22)13(25)16(28)19(34-7)32-5-8-11(23)14(26)17(29)20(35-8)33-6-9-12(24)15(27)18(30-2)21(31-3)36-9;2*1-2;;/h7-29H,4-6H2,1-3H3;2*2H,1H3;;/q;2*-1;;. The first-order valence-corrected chi connectivity index (χ1v) is 12.7. The van der Waals surface area contributed by atoms with Crippen LogP contribution in [0.25, 0.3) is 11.5 Å². The van der Waals surface area contributed by atoms with Gasteiger partial charge in [0.1, 0.15) is 67.1 Å². The zero-order valence-electron chi connectivity index (χ0n) is 24.1. The third-order valence-electron chi connectivity index (χ3n) is 6.74. The van der Waals surface area contributed by atoms with E-state index in [0.29, 0.717) is 6.42 Å². The van der Waals surface area contributed by atoms with Crippen LogP contribution in [0.15, 0.2) is 0 Å². The number of methoxy groups -OCH3 is 2. The quantitative estimate of drug-likeness (QED) is 0.116. The van der Waals surface area contributed by atoms with Crippen LogP contribution in [-0.4, -0.2) is 174 Å². The Labute approximate surface area is 269 Å². The molecular weight excluding hydrogens is 646 g/mol. The second-order valence-electron chi connectivity index (χ2n) is 9.06. The molecular formula is C23H46N2O15V2-2. The van der Waals surface area contributed by atoms with Crippen molar-refractivity contribution in [3.63, 3.8) is 0 Å². The van der Waals surface area contributed by atoms with E-state index in [1.54, 1.807) is 6.92 Å². The molecule has 0 bridgehead atoms. The molecule has 0 aromatic rings. The fourth-order valence-electron chi connectivity index (χ4n) is 4.45. The van der Waals surface area contributed by atoms with Gasteiger partial charge in [-0.1, -0.05) is 6.92 Å². The number of aliphatic hydroxyl groups is 8. The molecule has 0 saturated carbocycles. The number of rotatable bonds is 9. The molecule has 3 aliphatic rings. The van der Waals surface area contributed by atoms with Gasteiger partial charge in [-0.05, 0) is 6.42 Å². The van der Waals surface area contributed by atoms with Crippen LogP contribution in [0.3, 0.4) is 0 Å². The second-order valence-corrected chi connectivity index (χ2v) is 9.06. The van der Waals surface area contributed by atoms with E-state index in [1.807, 2.05) is 0 Å². The van der Waals surface area contributed by atoms with Crippen molar-refractivity contribution in [1.29, 1.82) is 0 Å². The van der Waals surface area contributed by atoms with Gasteiger partial charge >= 0.3 is 0 Å². The summed E-state index contributed by atoms with van der Waals surface area (Å²) in [5.74, 6) is 0. The van der Waals surface area contributed by atoms with E-state index in [4.69, 9.17) is 44.6 Å². The molecule has 3 fully saturated rings. The largest absolute Gasteiger partial charge is 0.680 e. The molecule has 15 atom stereocenters. The van der Waals surface area contributed by atoms with E-state index in [9.17, 15) is 40.9 Å². The Morgan fingerprint density at radius 2 is 0.857 bits per heavy atom. The van der Waals surface area contributed by atoms with E-state index < -0.39 is 105 Å². The van der Waals surface area contributed by atoms with Gasteiger partial charge in [0.25, 0.3) is 0 Å². The van der Waals surface area contributed by atoms with E-state index in [-0.39, 0.29) is 37.1 Å². The first kappa shape index (κ1) is 44.6. The third kappa shape index (κ3) is 10.8. The van der Waals surface area contributed by atoms with Gasteiger partial charge < -0.3 is 85.5 Å². The van der Waals surface area contributed by atoms with Gasteiger partial charge in [-0.3, -0.25) is 0 Å². The van der Waals surface area contributed by atoms with Gasteiger partial charge in [-0.15, -0.1) is 0 Å². The summed E-state index contributed by atoms with van der Waals surface area (Å²) in [4.78, 5) is 0. The van der Waals surface area contributed by atoms with E-state index in [0.717, 1.165) is 0 Å². The van der Waals surface area contributed by atoms with Crippen LogP contribution in [0.2, 0.25) is 0 Å². The minimum atomic E-state index is -1.71. The Kier molecular flexibility index (Phi) is 23.5. The molecule has 0 spiro atoms. The summed E-state index contributed by atoms with van der Waals surface area (Å²) in [5.41, 5.74) is 11.5. The van der Waals surface area contributed by atoms with Crippen molar-refractivity contribution in [3.8, 4) is 0 Å². The molecule has 0 amide bonds. The van der Waals surface area contributed by atoms with Crippen molar-refractivity contribution < 1.29 is 111 Å². The van der Waals surface area contributed by atoms with Crippen molar-refractivity contribution in [2.24, 2.45) is 0 Å². The molecule has 2 radical (unpaired) electrons. The first-order chi connectivity index (χ1) is 19.0. The molecule has 17 nitrogen and oxygen atoms in total. The molecule has 19 heteroatoms. The summed E-state index contributed by atoms with van der Waals surface area (Å²) < 4.78 is 37.7. The predicted octanol–water partition coefficient (Wildman–Crippen LogP) is -3.52. The van der Waals surface area contributed by atoms with Crippen LogP contribution in [0.5, 0.6) is 0 Å². The van der Waals surface area contributed by atoms with Crippen molar-refractivity contribution in [3.05, 3.63) is 11.5 Å². The number of aliphatic hydroxyl groups excluding tert-OH is 8. The molecule has 0 aliphatic carbocycles. The van der Waals surface area contributed by atoms with Gasteiger partial charge in [0, 0.05) is 51.3 Å². The molecule has 15 unspecified atom stereocenters. The smallest absolute Gasteiger partial charge is 0.186 e. The van der Waals surface area contributed by atoms with E-state index >= 15 is 0 Å². The van der Waals surface area contributed by atoms with Crippen molar-refractivity contribution in [2.75, 3.05) is 41.5 Å². The summed E-state index contributed by atoms with van der Waals surface area (Å²) in [7, 11) is 5.14. The van der Waals surface area contributed by atoms with Crippen LogP contribution in [0, 0.1) is 0 Å². The molecule has 0 aromatic carbocycles. The van der Waals surface area contributed by atoms with Crippen molar-refractivity contribution >= 4 is 0 Å². The van der Waals surface area contributed by atoms with Crippen LogP contribution >= 0.6 is 0 Å². The minimum absolute atomic E-state index is 0. The third-order valence-corrected chi connectivity index (χ3v) is 6.74. The summed E-state index contributed by atoms with van der Waals surface area (Å²) in [6.45, 7) is 0.854. The monoisotopic (exact) mass is 692 g/mol. The van der Waals surface area contributed by atoms with Crippen LogP contribution in [0.4, 0.5) is 0 Å². The average Bonchev–Trinajstić information content (AvgIpc) is 2.98. The van der Waals surface area contributed by atoms with Crippen LogP contribution in [0.1, 0.15) is 13.3 Å². The molecule has 3 rings (SSSR count). The van der Waals surface area contributed by atoms with Gasteiger partial charge in [0.2, 0.25) is 0 Å². The molecule has 0 aromatic heterocycles. The zero-order valence-corrected chi connectivity index (χ0v) is 26.9. The predicted molar refractivity (Wildman–Crippen MR) is 135 cm³/mol. The van der Waals surface area contributed by atoms with E-state index in [2.05, 4.69) is 0 Å². The number of nitrogens with one attached hydrogen (secondary N) is 2. The summed E-state index contributed by atoms with van der Waals surface area (Å²) in [6, 6.07) is 0. The Bertz CT molecular complexity index is 692. The average molecular weight is 693 g/mol. The van der Waals surface area contributed by atoms with Gasteiger partial charge in [0.15, 0.2) is 18.9 Å². The van der Waals surface area contributed by atoms with Crippen molar-refractivity contribution in [1.82, 2.24) is 0 Å². The molecule has 3 saturated heterocycles. The zero-order chi connectivity index (χ0) is 30.7. The Morgan fingerprint density at radius 1 is 0.500 bits per heavy atom. The number of ether oxygens (including phenoxy) is 7. The fraction of sp³-hybridized carbons (Fsp3) is 1.00. The topological polar surface area (TPSA) is 274 Å². The summed E-state index contributed by atoms with van der Waals surface area (Å²) in [6.07, 6.45) is -19.9. The Morgan fingerprint density at radius 3 is 1.24 bits per heavy atom. The van der Waals surface area contributed by atoms with Gasteiger partial charge in [-0.25, -0.2) is 0 Å². The normalized spacial score (nSPS) is 43.4. The second kappa shape index (κ2) is 22.1. The molecule has 42 heavy (non-hydrogen) atoms. The Hall–Kier alpha value is 0.489. The number of hydrogen-bond acceptors (Lipinski definition) is 15. The Balaban J connectivity index is 0. The SMILES string of the molecule is CCC1OC(OCC2OC(OCC3OC(OC)C(OC)C(O)C3O)C(O)C(O)C2O)C(O)C(O)C1O.C[NH-].C[NH-].[V].[V]. The molecule has 10 N–H and O–H groups in total. The molecule has 3 heterocycles. The van der Waals surface area contributed by atoms with Crippen LogP contribution in [-0.2, 0) is 70.3 Å². The summed E-state index contributed by atoms with van der Waals surface area (Å²) >= 11 is 0. The minimum Gasteiger partial charge on any atom is -0.680 e. The fourth-order valence-corrected chi connectivity index (χ4v) is 4.45. The molecule has 3 aliphatic heterocycles. The summed E-state index contributed by atoms with van der Waals surface area (Å²) in [5, 5.41) is 81.7. The molecule has 250 valence electrons. The van der Waals surface area contributed by atoms with Gasteiger partial charge in [-0.2, -0.15) is 14.1 Å². The maximum absolute atomic E-state index is 10.3. The van der Waals surface area contributed by atoms with Crippen LogP contribution < -0.4 is 0 Å². The van der Waals surface area contributed by atoms with Crippen molar-refractivity contribution in [2.45, 2.75) is 105 Å².